The number of rotatable bonds is 3. The second-order valence-electron chi connectivity index (χ2n) is 14.9. The Morgan fingerprint density at radius 1 is 0.442 bits per heavy atom. The van der Waals surface area contributed by atoms with Crippen molar-refractivity contribution in [3.63, 3.8) is 0 Å². The van der Waals surface area contributed by atoms with Gasteiger partial charge in [-0.05, 0) is 146 Å². The maximum Gasteiger partial charge on any atom is 0.135 e. The van der Waals surface area contributed by atoms with Crippen LogP contribution in [0.2, 0.25) is 0 Å². The van der Waals surface area contributed by atoms with E-state index in [1.807, 2.05) is 0 Å². The number of hydrogen-bond acceptors (Lipinski definition) is 1. The molecule has 3 aliphatic rings. The summed E-state index contributed by atoms with van der Waals surface area (Å²) in [6, 6.07) is 42.7. The van der Waals surface area contributed by atoms with E-state index in [9.17, 15) is 0 Å². The Morgan fingerprint density at radius 3 is 1.83 bits per heavy atom. The fraction of sp³-hybridized carbons (Fsp3) is 0.137. The van der Waals surface area contributed by atoms with Gasteiger partial charge in [0.2, 0.25) is 0 Å². The zero-order chi connectivity index (χ0) is 35.2. The monoisotopic (exact) mass is 668 g/mol. The maximum absolute atomic E-state index is 6.91. The number of allylic oxidation sites excluding steroid dienone is 4. The third kappa shape index (κ3) is 4.35. The van der Waals surface area contributed by atoms with E-state index in [-0.39, 0.29) is 11.8 Å². The Labute approximate surface area is 305 Å². The molecule has 1 heterocycles. The van der Waals surface area contributed by atoms with Crippen LogP contribution in [-0.4, -0.2) is 0 Å². The first-order valence-electron chi connectivity index (χ1n) is 18.5. The van der Waals surface area contributed by atoms with Gasteiger partial charge >= 0.3 is 0 Å². The highest BCUT2D eigenvalue weighted by atomic mass is 16.5. The van der Waals surface area contributed by atoms with Gasteiger partial charge in [0.1, 0.15) is 11.5 Å². The molecule has 2 unspecified atom stereocenters. The van der Waals surface area contributed by atoms with E-state index in [0.29, 0.717) is 0 Å². The van der Waals surface area contributed by atoms with Crippen molar-refractivity contribution in [3.8, 4) is 33.8 Å². The summed E-state index contributed by atoms with van der Waals surface area (Å²) in [6.07, 6.45) is 9.25. The molecule has 0 bridgehead atoms. The van der Waals surface area contributed by atoms with Gasteiger partial charge in [-0.15, -0.1) is 0 Å². The Balaban J connectivity index is 1.18. The third-order valence-corrected chi connectivity index (χ3v) is 12.5. The lowest BCUT2D eigenvalue weighted by molar-refractivity contribution is 0.486. The van der Waals surface area contributed by atoms with Gasteiger partial charge < -0.3 is 4.74 Å². The normalized spacial score (nSPS) is 16.9. The minimum absolute atomic E-state index is 0.196. The van der Waals surface area contributed by atoms with Crippen LogP contribution in [0, 0.1) is 46.5 Å². The van der Waals surface area contributed by atoms with Crippen molar-refractivity contribution in [2.24, 2.45) is 11.8 Å². The lowest BCUT2D eigenvalue weighted by Gasteiger charge is -2.34. The first kappa shape index (κ1) is 30.9. The molecule has 0 N–H and O–H groups in total. The Bertz CT molecular complexity index is 2850. The van der Waals surface area contributed by atoms with Gasteiger partial charge in [0.15, 0.2) is 0 Å². The van der Waals surface area contributed by atoms with Gasteiger partial charge in [-0.2, -0.15) is 0 Å². The van der Waals surface area contributed by atoms with Crippen LogP contribution in [0.5, 0.6) is 11.5 Å². The van der Waals surface area contributed by atoms with E-state index in [1.54, 1.807) is 0 Å². The molecule has 0 fully saturated rings. The predicted octanol–water partition coefficient (Wildman–Crippen LogP) is 11.7. The smallest absolute Gasteiger partial charge is 0.135 e. The van der Waals surface area contributed by atoms with Crippen molar-refractivity contribution in [3.05, 3.63) is 189 Å². The predicted molar refractivity (Wildman–Crippen MR) is 218 cm³/mol. The average molecular weight is 669 g/mol. The van der Waals surface area contributed by atoms with Crippen LogP contribution in [0.1, 0.15) is 38.9 Å². The molecule has 2 atom stereocenters. The number of hydrogen-bond donors (Lipinski definition) is 0. The highest BCUT2D eigenvalue weighted by molar-refractivity contribution is 6.11. The first-order valence-corrected chi connectivity index (χ1v) is 18.5. The van der Waals surface area contributed by atoms with Crippen LogP contribution in [0.25, 0.3) is 54.9 Å². The van der Waals surface area contributed by atoms with E-state index in [4.69, 9.17) is 4.74 Å². The second-order valence-corrected chi connectivity index (χ2v) is 14.9. The van der Waals surface area contributed by atoms with E-state index in [2.05, 4.69) is 174 Å². The molecule has 1 nitrogen and oxygen atoms in total. The van der Waals surface area contributed by atoms with Crippen molar-refractivity contribution in [1.29, 1.82) is 0 Å². The van der Waals surface area contributed by atoms with Crippen LogP contribution in [-0.2, 0) is 0 Å². The minimum atomic E-state index is 0.196. The first-order chi connectivity index (χ1) is 25.4. The summed E-state index contributed by atoms with van der Waals surface area (Å²) in [5, 5.41) is 7.62. The van der Waals surface area contributed by atoms with Crippen molar-refractivity contribution < 1.29 is 4.74 Å². The summed E-state index contributed by atoms with van der Waals surface area (Å²) in [5.41, 5.74) is 17.2. The molecule has 7 aromatic carbocycles. The molecule has 0 amide bonds. The van der Waals surface area contributed by atoms with Crippen LogP contribution in [0.4, 0.5) is 0 Å². The van der Waals surface area contributed by atoms with Crippen molar-refractivity contribution in [2.75, 3.05) is 0 Å². The average Bonchev–Trinajstić information content (AvgIpc) is 3.18. The van der Waals surface area contributed by atoms with Gasteiger partial charge in [0.05, 0.1) is 0 Å². The molecule has 250 valence electrons. The van der Waals surface area contributed by atoms with Gasteiger partial charge in [0, 0.05) is 22.8 Å². The van der Waals surface area contributed by atoms with Crippen LogP contribution in [0.15, 0.2) is 140 Å². The fourth-order valence-corrected chi connectivity index (χ4v) is 9.52. The molecule has 0 aromatic heterocycles. The molecule has 2 aliphatic carbocycles. The van der Waals surface area contributed by atoms with Crippen molar-refractivity contribution >= 4 is 32.7 Å². The van der Waals surface area contributed by atoms with Crippen LogP contribution in [0.3, 0.4) is 0 Å². The Hall–Kier alpha value is -5.92. The van der Waals surface area contributed by atoms with Gasteiger partial charge in [-0.3, -0.25) is 0 Å². The van der Waals surface area contributed by atoms with Crippen molar-refractivity contribution in [2.45, 2.75) is 34.6 Å². The van der Waals surface area contributed by atoms with E-state index in [0.717, 1.165) is 17.1 Å². The lowest BCUT2D eigenvalue weighted by atomic mass is 9.69. The Morgan fingerprint density at radius 2 is 1.04 bits per heavy atom. The summed E-state index contributed by atoms with van der Waals surface area (Å²) in [6.45, 7) is 11.3. The van der Waals surface area contributed by atoms with Crippen LogP contribution < -0.4 is 15.2 Å². The minimum Gasteiger partial charge on any atom is -0.456 e. The standard InChI is InChI=1S/C51H40O/c1-29-30(2)32(4)48(33(5)31(29)3)45-27-26-44-37-25-24-35(28-47(37)52-46-23-13-22-43(45)51(44)46)49-39-17-8-10-19-41(39)50(42-20-11-9-18-40(42)49)38-21-12-15-34-14-6-7-16-36(34)38/h6-28,39,41H,1-5H3. The van der Waals surface area contributed by atoms with E-state index in [1.165, 1.54) is 98.8 Å². The quantitative estimate of drug-likeness (QED) is 0.182. The Kier molecular flexibility index (Phi) is 6.86. The molecular formula is C51H40O. The molecule has 52 heavy (non-hydrogen) atoms. The number of ether oxygens (including phenoxy) is 1. The summed E-state index contributed by atoms with van der Waals surface area (Å²) < 4.78 is 6.91. The number of fused-ring (bicyclic) bond motifs is 5. The van der Waals surface area contributed by atoms with Gasteiger partial charge in [-0.1, -0.05) is 121 Å². The fourth-order valence-electron chi connectivity index (χ4n) is 9.52. The molecule has 0 saturated heterocycles. The topological polar surface area (TPSA) is 9.23 Å². The van der Waals surface area contributed by atoms with Gasteiger partial charge in [-0.25, -0.2) is 0 Å². The third-order valence-electron chi connectivity index (χ3n) is 12.5. The molecule has 0 saturated carbocycles. The molecule has 7 aromatic rings. The van der Waals surface area contributed by atoms with Crippen LogP contribution >= 0.6 is 0 Å². The second kappa shape index (κ2) is 11.6. The van der Waals surface area contributed by atoms with Gasteiger partial charge in [0.25, 0.3) is 0 Å². The molecule has 0 spiro atoms. The summed E-state index contributed by atoms with van der Waals surface area (Å²) in [4.78, 5) is 0. The molecule has 1 heteroatoms. The molecular weight excluding hydrogens is 629 g/mol. The van der Waals surface area contributed by atoms with E-state index >= 15 is 0 Å². The highest BCUT2D eigenvalue weighted by Crippen LogP contribution is 2.51. The summed E-state index contributed by atoms with van der Waals surface area (Å²) >= 11 is 0. The zero-order valence-electron chi connectivity index (χ0n) is 30.3. The van der Waals surface area contributed by atoms with Crippen molar-refractivity contribution in [1.82, 2.24) is 0 Å². The summed E-state index contributed by atoms with van der Waals surface area (Å²) in [5.74, 6) is 2.25. The molecule has 0 radical (unpaired) electrons. The van der Waals surface area contributed by atoms with E-state index < -0.39 is 0 Å². The maximum atomic E-state index is 6.91. The lowest BCUT2D eigenvalue weighted by Crippen LogP contribution is -2.40. The molecule has 1 aliphatic heterocycles. The largest absolute Gasteiger partial charge is 0.456 e. The number of benzene rings is 7. The highest BCUT2D eigenvalue weighted by Gasteiger charge is 2.33. The SMILES string of the molecule is Cc1c(C)c(C)c(-c2ccc3c4c(cccc24)Oc2cc(C4=c5ccccc5=C(c5cccc6ccccc56)C5C=CC=CC45)ccc2-3)c(C)c1C. The summed E-state index contributed by atoms with van der Waals surface area (Å²) in [7, 11) is 0. The molecule has 10 rings (SSSR count). The zero-order valence-corrected chi connectivity index (χ0v) is 30.3.